The van der Waals surface area contributed by atoms with Crippen molar-refractivity contribution in [2.24, 2.45) is 5.92 Å². The smallest absolute Gasteiger partial charge is 0.410 e. The molecule has 38 heavy (non-hydrogen) atoms. The van der Waals surface area contributed by atoms with Gasteiger partial charge in [0.15, 0.2) is 5.75 Å². The van der Waals surface area contributed by atoms with Gasteiger partial charge in [-0.2, -0.15) is 0 Å². The number of hydrogen-bond donors (Lipinski definition) is 1. The maximum atomic E-state index is 13.3. The van der Waals surface area contributed by atoms with Crippen LogP contribution >= 0.6 is 0 Å². The van der Waals surface area contributed by atoms with Crippen molar-refractivity contribution in [1.82, 2.24) is 19.5 Å². The molecule has 2 aliphatic heterocycles. The van der Waals surface area contributed by atoms with Gasteiger partial charge in [0.1, 0.15) is 10.5 Å². The topological polar surface area (TPSA) is 101 Å². The van der Waals surface area contributed by atoms with Crippen LogP contribution in [-0.4, -0.2) is 60.6 Å². The van der Waals surface area contributed by atoms with Gasteiger partial charge in [0.05, 0.1) is 18.5 Å². The first kappa shape index (κ1) is 26.9. The standard InChI is InChI=1S/C28H38N4O5S/c1-28(2,3)37-27(33)32-12-6-7-20(15-32)19-36-25-14-29-24(13-26(25)38(34,35)30-23-10-11-23)18-31-16-21-8-4-5-9-22(21)17-31/h4-5,8-9,13-14,20,23,30H,6-7,10-12,15-19H2,1-3H3. The van der Waals surface area contributed by atoms with Gasteiger partial charge >= 0.3 is 6.09 Å². The van der Waals surface area contributed by atoms with Crippen molar-refractivity contribution in [3.05, 3.63) is 53.3 Å². The molecule has 9 nitrogen and oxygen atoms in total. The SMILES string of the molecule is CC(C)(C)OC(=O)N1CCCC(COc2cnc(CN3Cc4ccccc4C3)cc2S(=O)(=O)NC2CC2)C1. The van der Waals surface area contributed by atoms with E-state index in [1.165, 1.54) is 17.3 Å². The van der Waals surface area contributed by atoms with E-state index in [2.05, 4.69) is 26.7 Å². The van der Waals surface area contributed by atoms with Gasteiger partial charge in [0.2, 0.25) is 10.0 Å². The van der Waals surface area contributed by atoms with Gasteiger partial charge in [-0.05, 0) is 63.6 Å². The number of pyridine rings is 1. The molecule has 0 radical (unpaired) electrons. The summed E-state index contributed by atoms with van der Waals surface area (Å²) < 4.78 is 41.0. The number of nitrogens with one attached hydrogen (secondary N) is 1. The van der Waals surface area contributed by atoms with Gasteiger partial charge in [0, 0.05) is 44.7 Å². The van der Waals surface area contributed by atoms with Gasteiger partial charge in [0.25, 0.3) is 0 Å². The zero-order chi connectivity index (χ0) is 26.9. The van der Waals surface area contributed by atoms with Crippen LogP contribution in [0.4, 0.5) is 4.79 Å². The molecule has 10 heteroatoms. The summed E-state index contributed by atoms with van der Waals surface area (Å²) in [5, 5.41) is 0. The van der Waals surface area contributed by atoms with Crippen LogP contribution in [0.2, 0.25) is 0 Å². The van der Waals surface area contributed by atoms with Crippen molar-refractivity contribution in [1.29, 1.82) is 0 Å². The summed E-state index contributed by atoms with van der Waals surface area (Å²) in [6.07, 6.45) is 4.65. The molecular weight excluding hydrogens is 504 g/mol. The number of piperidine rings is 1. The van der Waals surface area contributed by atoms with Crippen molar-refractivity contribution in [2.45, 2.75) is 82.6 Å². The predicted molar refractivity (Wildman–Crippen MR) is 143 cm³/mol. The molecule has 0 bridgehead atoms. The molecule has 1 unspecified atom stereocenters. The van der Waals surface area contributed by atoms with E-state index in [0.717, 1.165) is 38.8 Å². The van der Waals surface area contributed by atoms with Gasteiger partial charge in [-0.15, -0.1) is 0 Å². The Morgan fingerprint density at radius 2 is 1.84 bits per heavy atom. The Labute approximate surface area is 225 Å². The lowest BCUT2D eigenvalue weighted by atomic mass is 9.99. The molecular formula is C28H38N4O5S. The number of carbonyl (C=O) groups is 1. The average Bonchev–Trinajstić information content (AvgIpc) is 3.57. The summed E-state index contributed by atoms with van der Waals surface area (Å²) >= 11 is 0. The number of likely N-dealkylation sites (tertiary alicyclic amines) is 1. The Morgan fingerprint density at radius 1 is 1.13 bits per heavy atom. The molecule has 1 atom stereocenters. The molecule has 1 aliphatic carbocycles. The lowest BCUT2D eigenvalue weighted by molar-refractivity contribution is 0.0138. The van der Waals surface area contributed by atoms with Crippen LogP contribution in [-0.2, 0) is 34.4 Å². The van der Waals surface area contributed by atoms with E-state index in [9.17, 15) is 13.2 Å². The Kier molecular flexibility index (Phi) is 7.66. The number of sulfonamides is 1. The van der Waals surface area contributed by atoms with Crippen molar-refractivity contribution in [2.75, 3.05) is 19.7 Å². The van der Waals surface area contributed by atoms with Crippen LogP contribution in [0, 0.1) is 5.92 Å². The summed E-state index contributed by atoms with van der Waals surface area (Å²) in [6.45, 7) is 9.20. The normalized spacial score (nSPS) is 20.3. The second kappa shape index (κ2) is 10.8. The van der Waals surface area contributed by atoms with Crippen molar-refractivity contribution in [3.63, 3.8) is 0 Å². The zero-order valence-corrected chi connectivity index (χ0v) is 23.3. The number of benzene rings is 1. The number of fused-ring (bicyclic) bond motifs is 1. The van der Waals surface area contributed by atoms with Gasteiger partial charge < -0.3 is 14.4 Å². The fourth-order valence-electron chi connectivity index (χ4n) is 5.00. The fourth-order valence-corrected chi connectivity index (χ4v) is 6.47. The van der Waals surface area contributed by atoms with E-state index < -0.39 is 15.6 Å². The highest BCUT2D eigenvalue weighted by molar-refractivity contribution is 7.89. The van der Waals surface area contributed by atoms with Crippen LogP contribution in [0.15, 0.2) is 41.4 Å². The largest absolute Gasteiger partial charge is 0.490 e. The van der Waals surface area contributed by atoms with E-state index in [-0.39, 0.29) is 28.7 Å². The maximum absolute atomic E-state index is 13.3. The first-order valence-corrected chi connectivity index (χ1v) is 15.0. The Bertz CT molecular complexity index is 1250. The second-order valence-electron chi connectivity index (χ2n) is 11.7. The number of carbonyl (C=O) groups excluding carboxylic acids is 1. The van der Waals surface area contributed by atoms with E-state index in [1.807, 2.05) is 32.9 Å². The second-order valence-corrected chi connectivity index (χ2v) is 13.4. The van der Waals surface area contributed by atoms with Crippen LogP contribution in [0.5, 0.6) is 5.75 Å². The number of amides is 1. The lowest BCUT2D eigenvalue weighted by Gasteiger charge is -2.34. The Hall–Kier alpha value is -2.69. The Balaban J connectivity index is 1.28. The average molecular weight is 543 g/mol. The molecule has 3 aliphatic rings. The Morgan fingerprint density at radius 3 is 2.50 bits per heavy atom. The summed E-state index contributed by atoms with van der Waals surface area (Å²) in [4.78, 5) is 21.2. The molecule has 206 valence electrons. The minimum atomic E-state index is -3.75. The predicted octanol–water partition coefficient (Wildman–Crippen LogP) is 4.06. The third kappa shape index (κ3) is 6.84. The fraction of sp³-hybridized carbons (Fsp3) is 0.571. The number of aromatic nitrogens is 1. The molecule has 2 fully saturated rings. The zero-order valence-electron chi connectivity index (χ0n) is 22.5. The van der Waals surface area contributed by atoms with Crippen molar-refractivity contribution >= 4 is 16.1 Å². The minimum Gasteiger partial charge on any atom is -0.490 e. The van der Waals surface area contributed by atoms with Crippen LogP contribution in [0.1, 0.15) is 63.3 Å². The maximum Gasteiger partial charge on any atom is 0.410 e. The van der Waals surface area contributed by atoms with E-state index in [1.54, 1.807) is 11.0 Å². The monoisotopic (exact) mass is 542 g/mol. The molecule has 1 amide bonds. The molecule has 3 heterocycles. The molecule has 1 aromatic heterocycles. The van der Waals surface area contributed by atoms with Crippen molar-refractivity contribution < 1.29 is 22.7 Å². The first-order valence-electron chi connectivity index (χ1n) is 13.5. The summed E-state index contributed by atoms with van der Waals surface area (Å²) in [5.41, 5.74) is 2.73. The van der Waals surface area contributed by atoms with Gasteiger partial charge in [-0.25, -0.2) is 17.9 Å². The third-order valence-corrected chi connectivity index (χ3v) is 8.56. The molecule has 2 aromatic rings. The van der Waals surface area contributed by atoms with Crippen LogP contribution < -0.4 is 9.46 Å². The third-order valence-electron chi connectivity index (χ3n) is 7.01. The molecule has 5 rings (SSSR count). The highest BCUT2D eigenvalue weighted by Gasteiger charge is 2.32. The molecule has 1 N–H and O–H groups in total. The van der Waals surface area contributed by atoms with Crippen LogP contribution in [0.3, 0.4) is 0 Å². The quantitative estimate of drug-likeness (QED) is 0.537. The summed E-state index contributed by atoms with van der Waals surface area (Å²) in [6, 6.07) is 9.98. The number of hydrogen-bond acceptors (Lipinski definition) is 7. The summed E-state index contributed by atoms with van der Waals surface area (Å²) in [5.74, 6) is 0.326. The van der Waals surface area contributed by atoms with E-state index >= 15 is 0 Å². The van der Waals surface area contributed by atoms with E-state index in [4.69, 9.17) is 9.47 Å². The van der Waals surface area contributed by atoms with Crippen LogP contribution in [0.25, 0.3) is 0 Å². The van der Waals surface area contributed by atoms with E-state index in [0.29, 0.717) is 31.9 Å². The molecule has 1 saturated carbocycles. The number of ether oxygens (including phenoxy) is 2. The number of rotatable bonds is 8. The minimum absolute atomic E-state index is 0.0155. The molecule has 1 aromatic carbocycles. The molecule has 1 saturated heterocycles. The lowest BCUT2D eigenvalue weighted by Crippen LogP contribution is -2.44. The molecule has 0 spiro atoms. The first-order chi connectivity index (χ1) is 18.1. The highest BCUT2D eigenvalue weighted by Crippen LogP contribution is 2.30. The highest BCUT2D eigenvalue weighted by atomic mass is 32.2. The number of nitrogens with zero attached hydrogens (tertiary/aromatic N) is 3. The summed E-state index contributed by atoms with van der Waals surface area (Å²) in [7, 11) is -3.75. The van der Waals surface area contributed by atoms with Gasteiger partial charge in [-0.1, -0.05) is 24.3 Å². The van der Waals surface area contributed by atoms with Gasteiger partial charge in [-0.3, -0.25) is 9.88 Å². The van der Waals surface area contributed by atoms with Crippen molar-refractivity contribution in [3.8, 4) is 5.75 Å².